The highest BCUT2D eigenvalue weighted by Gasteiger charge is 2.31. The first-order valence-electron chi connectivity index (χ1n) is 12.0. The Morgan fingerprint density at radius 1 is 0.892 bits per heavy atom. The maximum atomic E-state index is 14.6. The Bertz CT molecular complexity index is 1160. The summed E-state index contributed by atoms with van der Waals surface area (Å²) < 4.78 is 31.0. The van der Waals surface area contributed by atoms with E-state index in [0.717, 1.165) is 5.56 Å². The van der Waals surface area contributed by atoms with Crippen LogP contribution in [0.3, 0.4) is 0 Å². The van der Waals surface area contributed by atoms with E-state index in [2.05, 4.69) is 5.32 Å². The molecule has 7 nitrogen and oxygen atoms in total. The van der Waals surface area contributed by atoms with Crippen LogP contribution in [0.2, 0.25) is 0 Å². The fourth-order valence-electron chi connectivity index (χ4n) is 3.84. The van der Waals surface area contributed by atoms with Gasteiger partial charge in [0, 0.05) is 42.8 Å². The second-order valence-electron chi connectivity index (χ2n) is 8.82. The lowest BCUT2D eigenvalue weighted by molar-refractivity contribution is -0.143. The van der Waals surface area contributed by atoms with E-state index >= 15 is 0 Å². The summed E-state index contributed by atoms with van der Waals surface area (Å²) in [6.07, 6.45) is 0.257. The van der Waals surface area contributed by atoms with E-state index in [9.17, 15) is 14.0 Å². The second-order valence-corrected chi connectivity index (χ2v) is 8.82. The van der Waals surface area contributed by atoms with Crippen LogP contribution in [0.5, 0.6) is 17.2 Å². The minimum atomic E-state index is -0.889. The normalized spacial score (nSPS) is 11.5. The summed E-state index contributed by atoms with van der Waals surface area (Å²) in [6, 6.07) is 19.5. The van der Waals surface area contributed by atoms with E-state index in [0.29, 0.717) is 22.8 Å². The van der Waals surface area contributed by atoms with E-state index in [1.165, 1.54) is 25.2 Å². The smallest absolute Gasteiger partial charge is 0.261 e. The van der Waals surface area contributed by atoms with Crippen molar-refractivity contribution in [3.05, 3.63) is 89.7 Å². The molecule has 196 valence electrons. The van der Waals surface area contributed by atoms with Crippen molar-refractivity contribution >= 4 is 11.8 Å². The van der Waals surface area contributed by atoms with Crippen LogP contribution in [0.25, 0.3) is 0 Å². The van der Waals surface area contributed by atoms with Gasteiger partial charge in [-0.05, 0) is 25.5 Å². The molecule has 3 aromatic carbocycles. The number of ether oxygens (including phenoxy) is 3. The summed E-state index contributed by atoms with van der Waals surface area (Å²) in [7, 11) is 3.03. The third-order valence-corrected chi connectivity index (χ3v) is 5.69. The van der Waals surface area contributed by atoms with Crippen LogP contribution in [-0.2, 0) is 22.6 Å². The second kappa shape index (κ2) is 13.3. The highest BCUT2D eigenvalue weighted by molar-refractivity contribution is 5.88. The fraction of sp³-hybridized carbons (Fsp3) is 0.310. The van der Waals surface area contributed by atoms with Crippen LogP contribution in [0.15, 0.2) is 72.8 Å². The molecule has 3 rings (SSSR count). The van der Waals surface area contributed by atoms with Crippen molar-refractivity contribution < 1.29 is 28.2 Å². The van der Waals surface area contributed by atoms with E-state index in [4.69, 9.17) is 14.2 Å². The Kier molecular flexibility index (Phi) is 9.89. The zero-order valence-electron chi connectivity index (χ0n) is 21.6. The monoisotopic (exact) mass is 508 g/mol. The van der Waals surface area contributed by atoms with Gasteiger partial charge in [-0.2, -0.15) is 0 Å². The van der Waals surface area contributed by atoms with E-state index < -0.39 is 17.8 Å². The predicted octanol–water partition coefficient (Wildman–Crippen LogP) is 4.39. The Labute approximate surface area is 217 Å². The van der Waals surface area contributed by atoms with Gasteiger partial charge in [-0.1, -0.05) is 48.5 Å². The van der Waals surface area contributed by atoms with Crippen LogP contribution < -0.4 is 19.5 Å². The summed E-state index contributed by atoms with van der Waals surface area (Å²) >= 11 is 0. The number of amides is 2. The SMILES string of the molecule is COc1cc(OC)cc(OCC(=O)N(Cc2ccccc2F)[C@@H](Cc2ccccc2)C(=O)NC(C)C)c1. The third kappa shape index (κ3) is 7.96. The first-order chi connectivity index (χ1) is 17.8. The van der Waals surface area contributed by atoms with Crippen molar-refractivity contribution in [3.8, 4) is 17.2 Å². The van der Waals surface area contributed by atoms with Crippen LogP contribution in [0, 0.1) is 5.82 Å². The number of carbonyl (C=O) groups is 2. The molecule has 0 fully saturated rings. The number of halogens is 1. The van der Waals surface area contributed by atoms with Crippen molar-refractivity contribution in [2.24, 2.45) is 0 Å². The molecule has 0 saturated heterocycles. The molecule has 37 heavy (non-hydrogen) atoms. The van der Waals surface area contributed by atoms with E-state index in [1.807, 2.05) is 44.2 Å². The quantitative estimate of drug-likeness (QED) is 0.393. The van der Waals surface area contributed by atoms with Crippen molar-refractivity contribution in [1.82, 2.24) is 10.2 Å². The van der Waals surface area contributed by atoms with Gasteiger partial charge < -0.3 is 24.4 Å². The molecule has 2 amide bonds. The minimum Gasteiger partial charge on any atom is -0.496 e. The summed E-state index contributed by atoms with van der Waals surface area (Å²) in [5.41, 5.74) is 1.17. The molecule has 0 radical (unpaired) electrons. The van der Waals surface area contributed by atoms with Crippen LogP contribution in [-0.4, -0.2) is 49.6 Å². The summed E-state index contributed by atoms with van der Waals surface area (Å²) in [5.74, 6) is 0.117. The maximum absolute atomic E-state index is 14.6. The highest BCUT2D eigenvalue weighted by Crippen LogP contribution is 2.27. The van der Waals surface area contributed by atoms with Crippen LogP contribution >= 0.6 is 0 Å². The number of benzene rings is 3. The third-order valence-electron chi connectivity index (χ3n) is 5.69. The van der Waals surface area contributed by atoms with E-state index in [-0.39, 0.29) is 31.5 Å². The number of carbonyl (C=O) groups excluding carboxylic acids is 2. The minimum absolute atomic E-state index is 0.0979. The van der Waals surface area contributed by atoms with Gasteiger partial charge in [-0.25, -0.2) is 4.39 Å². The molecule has 0 heterocycles. The van der Waals surface area contributed by atoms with Gasteiger partial charge in [-0.3, -0.25) is 9.59 Å². The molecule has 0 aromatic heterocycles. The zero-order valence-corrected chi connectivity index (χ0v) is 21.6. The van der Waals surface area contributed by atoms with Crippen molar-refractivity contribution in [2.45, 2.75) is 38.9 Å². The Morgan fingerprint density at radius 2 is 1.49 bits per heavy atom. The molecule has 0 aliphatic carbocycles. The molecule has 0 spiro atoms. The van der Waals surface area contributed by atoms with Crippen molar-refractivity contribution in [3.63, 3.8) is 0 Å². The number of nitrogens with one attached hydrogen (secondary N) is 1. The van der Waals surface area contributed by atoms with Crippen LogP contribution in [0.4, 0.5) is 4.39 Å². The van der Waals surface area contributed by atoms with Gasteiger partial charge >= 0.3 is 0 Å². The molecule has 0 unspecified atom stereocenters. The topological polar surface area (TPSA) is 77.1 Å². The van der Waals surface area contributed by atoms with Gasteiger partial charge in [-0.15, -0.1) is 0 Å². The van der Waals surface area contributed by atoms with Gasteiger partial charge in [0.25, 0.3) is 5.91 Å². The lowest BCUT2D eigenvalue weighted by Crippen LogP contribution is -2.53. The van der Waals surface area contributed by atoms with Gasteiger partial charge in [0.2, 0.25) is 5.91 Å². The fourth-order valence-corrected chi connectivity index (χ4v) is 3.84. The first-order valence-corrected chi connectivity index (χ1v) is 12.0. The number of hydrogen-bond acceptors (Lipinski definition) is 5. The standard InChI is InChI=1S/C29H33FN2O5/c1-20(2)31-29(34)27(14-21-10-6-5-7-11-21)32(18-22-12-8-9-13-26(22)30)28(33)19-37-25-16-23(35-3)15-24(17-25)36-4/h5-13,15-17,20,27H,14,18-19H2,1-4H3,(H,31,34)/t27-/m0/s1. The summed E-state index contributed by atoms with van der Waals surface area (Å²) in [5, 5.41) is 2.90. The summed E-state index contributed by atoms with van der Waals surface area (Å²) in [4.78, 5) is 28.3. The molecule has 0 aliphatic heterocycles. The maximum Gasteiger partial charge on any atom is 0.261 e. The van der Waals surface area contributed by atoms with Crippen LogP contribution in [0.1, 0.15) is 25.0 Å². The van der Waals surface area contributed by atoms with E-state index in [1.54, 1.807) is 36.4 Å². The molecule has 8 heteroatoms. The van der Waals surface area contributed by atoms with Gasteiger partial charge in [0.15, 0.2) is 6.61 Å². The zero-order chi connectivity index (χ0) is 26.8. The largest absolute Gasteiger partial charge is 0.496 e. The predicted molar refractivity (Wildman–Crippen MR) is 139 cm³/mol. The molecular weight excluding hydrogens is 475 g/mol. The number of rotatable bonds is 12. The van der Waals surface area contributed by atoms with Gasteiger partial charge in [0.1, 0.15) is 29.1 Å². The highest BCUT2D eigenvalue weighted by atomic mass is 19.1. The molecule has 0 saturated carbocycles. The number of nitrogens with zero attached hydrogens (tertiary/aromatic N) is 1. The number of hydrogen-bond donors (Lipinski definition) is 1. The molecule has 0 aliphatic rings. The molecule has 1 N–H and O–H groups in total. The Balaban J connectivity index is 1.93. The Hall–Kier alpha value is -4.07. The van der Waals surface area contributed by atoms with Gasteiger partial charge in [0.05, 0.1) is 14.2 Å². The van der Waals surface area contributed by atoms with Crippen molar-refractivity contribution in [2.75, 3.05) is 20.8 Å². The van der Waals surface area contributed by atoms with Crippen molar-refractivity contribution in [1.29, 1.82) is 0 Å². The summed E-state index contributed by atoms with van der Waals surface area (Å²) in [6.45, 7) is 3.23. The molecule has 1 atom stereocenters. The Morgan fingerprint density at radius 3 is 2.08 bits per heavy atom. The molecule has 0 bridgehead atoms. The lowest BCUT2D eigenvalue weighted by atomic mass is 10.0. The molecular formula is C29H33FN2O5. The average Bonchev–Trinajstić information content (AvgIpc) is 2.90. The number of methoxy groups -OCH3 is 2. The first kappa shape index (κ1) is 27.5. The lowest BCUT2D eigenvalue weighted by Gasteiger charge is -2.32. The molecule has 3 aromatic rings. The average molecular weight is 509 g/mol.